The Labute approximate surface area is 216 Å². The fraction of sp³-hybridized carbons (Fsp3) is 0.636. The summed E-state index contributed by atoms with van der Waals surface area (Å²) in [5.41, 5.74) is 1.50. The Kier molecular flexibility index (Phi) is 17.8. The van der Waals surface area contributed by atoms with Crippen LogP contribution in [0.25, 0.3) is 0 Å². The maximum atomic E-state index is 5.80. The van der Waals surface area contributed by atoms with Crippen LogP contribution in [-0.2, 0) is 6.42 Å². The second-order valence-electron chi connectivity index (χ2n) is 10.1. The van der Waals surface area contributed by atoms with Gasteiger partial charge in [-0.3, -0.25) is 0 Å². The van der Waals surface area contributed by atoms with E-state index >= 15 is 0 Å². The molecule has 0 atom stereocenters. The van der Waals surface area contributed by atoms with Crippen molar-refractivity contribution < 1.29 is 9.47 Å². The molecule has 0 radical (unpaired) electrons. The fourth-order valence-electron chi connectivity index (χ4n) is 4.77. The van der Waals surface area contributed by atoms with Crippen LogP contribution in [0.1, 0.15) is 121 Å². The number of unbranched alkanes of at least 4 members (excludes halogenated alkanes) is 17. The minimum absolute atomic E-state index is 0.821. The van der Waals surface area contributed by atoms with Gasteiger partial charge in [-0.2, -0.15) is 0 Å². The van der Waals surface area contributed by atoms with Crippen LogP contribution in [-0.4, -0.2) is 13.7 Å². The van der Waals surface area contributed by atoms with Crippen LogP contribution < -0.4 is 9.47 Å². The Morgan fingerprint density at radius 3 is 1.29 bits per heavy atom. The van der Waals surface area contributed by atoms with E-state index < -0.39 is 0 Å². The van der Waals surface area contributed by atoms with E-state index in [0.29, 0.717) is 0 Å². The van der Waals surface area contributed by atoms with Gasteiger partial charge in [-0.15, -0.1) is 0 Å². The van der Waals surface area contributed by atoms with Gasteiger partial charge in [-0.25, -0.2) is 0 Å². The minimum Gasteiger partial charge on any atom is -0.497 e. The highest BCUT2D eigenvalue weighted by Gasteiger charge is 1.98. The zero-order chi connectivity index (χ0) is 24.7. The second kappa shape index (κ2) is 21.3. The molecule has 0 aliphatic heterocycles. The Morgan fingerprint density at radius 1 is 0.429 bits per heavy atom. The number of methoxy groups -OCH3 is 1. The van der Waals surface area contributed by atoms with Gasteiger partial charge in [0.25, 0.3) is 0 Å². The average molecular weight is 481 g/mol. The maximum Gasteiger partial charge on any atom is 0.119 e. The molecule has 2 heteroatoms. The maximum absolute atomic E-state index is 5.80. The lowest BCUT2D eigenvalue weighted by Gasteiger charge is -2.07. The zero-order valence-electron chi connectivity index (χ0n) is 22.7. The molecule has 196 valence electrons. The molecule has 0 N–H and O–H groups in total. The number of aryl methyl sites for hydroxylation is 1. The number of benzene rings is 2. The number of hydrogen-bond acceptors (Lipinski definition) is 2. The normalized spacial score (nSPS) is 11.0. The lowest BCUT2D eigenvalue weighted by molar-refractivity contribution is 0.303. The Morgan fingerprint density at radius 2 is 0.829 bits per heavy atom. The van der Waals surface area contributed by atoms with Crippen molar-refractivity contribution in [3.8, 4) is 11.5 Å². The van der Waals surface area contributed by atoms with Gasteiger partial charge in [0.05, 0.1) is 13.7 Å². The molecule has 2 nitrogen and oxygen atoms in total. The molecule has 0 aliphatic rings. The Bertz CT molecular complexity index is 695. The highest BCUT2D eigenvalue weighted by molar-refractivity contribution is 5.31. The summed E-state index contributed by atoms with van der Waals surface area (Å²) in [5.74, 6) is 1.82. The van der Waals surface area contributed by atoms with Crippen molar-refractivity contribution in [3.05, 3.63) is 60.2 Å². The summed E-state index contributed by atoms with van der Waals surface area (Å²) >= 11 is 0. The van der Waals surface area contributed by atoms with Gasteiger partial charge in [0.1, 0.15) is 11.5 Å². The summed E-state index contributed by atoms with van der Waals surface area (Å²) < 4.78 is 11.0. The van der Waals surface area contributed by atoms with Crippen LogP contribution in [0, 0.1) is 0 Å². The largest absolute Gasteiger partial charge is 0.497 e. The first kappa shape index (κ1) is 29.3. The number of hydrogen-bond donors (Lipinski definition) is 0. The molecule has 0 heterocycles. The van der Waals surface area contributed by atoms with Crippen molar-refractivity contribution in [2.24, 2.45) is 0 Å². The number of rotatable bonds is 23. The third-order valence-electron chi connectivity index (χ3n) is 7.03. The summed E-state index contributed by atoms with van der Waals surface area (Å²) in [5, 5.41) is 0. The zero-order valence-corrected chi connectivity index (χ0v) is 22.7. The van der Waals surface area contributed by atoms with Crippen molar-refractivity contribution in [2.75, 3.05) is 13.7 Å². The molecule has 0 aliphatic carbocycles. The van der Waals surface area contributed by atoms with Crippen molar-refractivity contribution in [2.45, 2.75) is 122 Å². The molecule has 35 heavy (non-hydrogen) atoms. The monoisotopic (exact) mass is 480 g/mol. The van der Waals surface area contributed by atoms with E-state index in [1.54, 1.807) is 7.11 Å². The molecule has 0 unspecified atom stereocenters. The molecular weight excluding hydrogens is 428 g/mol. The summed E-state index contributed by atoms with van der Waals surface area (Å²) in [4.78, 5) is 0. The molecule has 2 aromatic rings. The minimum atomic E-state index is 0.821. The fourth-order valence-corrected chi connectivity index (χ4v) is 4.77. The van der Waals surface area contributed by atoms with Gasteiger partial charge >= 0.3 is 0 Å². The third-order valence-corrected chi connectivity index (χ3v) is 7.03. The van der Waals surface area contributed by atoms with E-state index in [2.05, 4.69) is 30.3 Å². The highest BCUT2D eigenvalue weighted by Crippen LogP contribution is 2.18. The summed E-state index contributed by atoms with van der Waals surface area (Å²) in [6.07, 6.45) is 26.4. The van der Waals surface area contributed by atoms with Gasteiger partial charge < -0.3 is 9.47 Å². The standard InChI is InChI=1S/C33H52O2/c1-34-32-26-28-33(29-27-32)35-30-22-17-15-13-11-9-7-5-3-2-4-6-8-10-12-14-16-19-23-31-24-20-18-21-25-31/h18,20-21,24-29H,2-17,19,22-23,30H2,1H3. The molecule has 0 amide bonds. The van der Waals surface area contributed by atoms with Crippen LogP contribution in [0.2, 0.25) is 0 Å². The number of ether oxygens (including phenoxy) is 2. The van der Waals surface area contributed by atoms with Crippen LogP contribution in [0.3, 0.4) is 0 Å². The lowest BCUT2D eigenvalue weighted by atomic mass is 10.0. The molecule has 0 fully saturated rings. The summed E-state index contributed by atoms with van der Waals surface area (Å²) in [6, 6.07) is 18.8. The smallest absolute Gasteiger partial charge is 0.119 e. The van der Waals surface area contributed by atoms with Gasteiger partial charge in [0.2, 0.25) is 0 Å². The van der Waals surface area contributed by atoms with Gasteiger partial charge in [0, 0.05) is 0 Å². The first-order valence-corrected chi connectivity index (χ1v) is 14.7. The van der Waals surface area contributed by atoms with Crippen molar-refractivity contribution in [1.82, 2.24) is 0 Å². The molecule has 2 aromatic carbocycles. The van der Waals surface area contributed by atoms with E-state index in [-0.39, 0.29) is 0 Å². The first-order valence-electron chi connectivity index (χ1n) is 14.7. The van der Waals surface area contributed by atoms with E-state index in [1.807, 2.05) is 24.3 Å². The molecule has 0 saturated carbocycles. The van der Waals surface area contributed by atoms with E-state index in [9.17, 15) is 0 Å². The van der Waals surface area contributed by atoms with Crippen LogP contribution in [0.5, 0.6) is 11.5 Å². The average Bonchev–Trinajstić information content (AvgIpc) is 2.90. The summed E-state index contributed by atoms with van der Waals surface area (Å²) in [7, 11) is 1.69. The predicted molar refractivity (Wildman–Crippen MR) is 152 cm³/mol. The predicted octanol–water partition coefficient (Wildman–Crippen LogP) is 10.3. The molecule has 0 aromatic heterocycles. The van der Waals surface area contributed by atoms with Crippen molar-refractivity contribution in [1.29, 1.82) is 0 Å². The van der Waals surface area contributed by atoms with E-state index in [0.717, 1.165) is 24.5 Å². The Hall–Kier alpha value is -1.96. The topological polar surface area (TPSA) is 18.5 Å². The molecule has 2 rings (SSSR count). The third kappa shape index (κ3) is 16.4. The lowest BCUT2D eigenvalue weighted by Crippen LogP contribution is -1.97. The first-order chi connectivity index (χ1) is 17.4. The van der Waals surface area contributed by atoms with Gasteiger partial charge in [0.15, 0.2) is 0 Å². The van der Waals surface area contributed by atoms with Crippen LogP contribution in [0.4, 0.5) is 0 Å². The van der Waals surface area contributed by atoms with Crippen LogP contribution in [0.15, 0.2) is 54.6 Å². The van der Waals surface area contributed by atoms with Gasteiger partial charge in [-0.1, -0.05) is 133 Å². The molecule has 0 spiro atoms. The van der Waals surface area contributed by atoms with Crippen molar-refractivity contribution >= 4 is 0 Å². The second-order valence-corrected chi connectivity index (χ2v) is 10.1. The molecular formula is C33H52O2. The van der Waals surface area contributed by atoms with E-state index in [4.69, 9.17) is 9.47 Å². The SMILES string of the molecule is COc1ccc(OCCCCCCCCCCCCCCCCCCCCc2ccccc2)cc1. The molecule has 0 bridgehead atoms. The molecule has 0 saturated heterocycles. The Balaban J connectivity index is 1.21. The van der Waals surface area contributed by atoms with E-state index in [1.165, 1.54) is 121 Å². The highest BCUT2D eigenvalue weighted by atomic mass is 16.5. The van der Waals surface area contributed by atoms with Crippen molar-refractivity contribution in [3.63, 3.8) is 0 Å². The summed E-state index contributed by atoms with van der Waals surface area (Å²) in [6.45, 7) is 0.821. The van der Waals surface area contributed by atoms with Crippen LogP contribution >= 0.6 is 0 Å². The quantitative estimate of drug-likeness (QED) is 0.147. The van der Waals surface area contributed by atoms with Gasteiger partial charge in [-0.05, 0) is 49.1 Å².